The molecule has 0 saturated heterocycles. The molecule has 0 heterocycles. The molecular weight excluding hydrogens is 396 g/mol. The lowest BCUT2D eigenvalue weighted by molar-refractivity contribution is -0.148. The average molecular weight is 447 g/mol. The molecule has 0 aromatic carbocycles. The summed E-state index contributed by atoms with van der Waals surface area (Å²) >= 11 is 0. The van der Waals surface area contributed by atoms with Crippen molar-refractivity contribution in [3.8, 4) is 0 Å². The highest BCUT2D eigenvalue weighted by atomic mass is 16.5. The van der Waals surface area contributed by atoms with Gasteiger partial charge in [-0.1, -0.05) is 39.3 Å². The van der Waals surface area contributed by atoms with Crippen LogP contribution in [0, 0.1) is 40.4 Å². The summed E-state index contributed by atoms with van der Waals surface area (Å²) in [6.07, 6.45) is 13.7. The van der Waals surface area contributed by atoms with Crippen molar-refractivity contribution in [3.63, 3.8) is 0 Å². The number of rotatable bonds is 6. The highest BCUT2D eigenvalue weighted by Crippen LogP contribution is 2.68. The highest BCUT2D eigenvalue weighted by molar-refractivity contribution is 5.28. The number of aliphatic hydroxyl groups is 2. The van der Waals surface area contributed by atoms with Crippen LogP contribution in [0.4, 0.5) is 0 Å². The van der Waals surface area contributed by atoms with Crippen LogP contribution in [0.1, 0.15) is 106 Å². The number of allylic oxidation sites excluding steroid dienone is 1. The first-order valence-electron chi connectivity index (χ1n) is 13.5. The molecule has 4 rings (SSSR count). The third-order valence-corrected chi connectivity index (χ3v) is 11.2. The van der Waals surface area contributed by atoms with Crippen molar-refractivity contribution in [2.24, 2.45) is 40.4 Å². The Morgan fingerprint density at radius 1 is 1.19 bits per heavy atom. The Bertz CT molecular complexity index is 722. The van der Waals surface area contributed by atoms with Crippen LogP contribution >= 0.6 is 0 Å². The molecule has 0 unspecified atom stereocenters. The van der Waals surface area contributed by atoms with E-state index in [4.69, 9.17) is 4.74 Å². The maximum absolute atomic E-state index is 11.3. The third kappa shape index (κ3) is 3.93. The Morgan fingerprint density at radius 3 is 2.53 bits per heavy atom. The second-order valence-corrected chi connectivity index (χ2v) is 13.4. The molecule has 184 valence electrons. The molecule has 0 aromatic rings. The summed E-state index contributed by atoms with van der Waals surface area (Å²) in [7, 11) is 1.79. The maximum atomic E-state index is 11.3. The second-order valence-electron chi connectivity index (χ2n) is 13.4. The minimum absolute atomic E-state index is 0.0557. The summed E-state index contributed by atoms with van der Waals surface area (Å²) in [4.78, 5) is 0. The zero-order valence-electron chi connectivity index (χ0n) is 21.9. The van der Waals surface area contributed by atoms with E-state index in [1.807, 2.05) is 13.8 Å². The molecule has 0 amide bonds. The zero-order chi connectivity index (χ0) is 23.5. The summed E-state index contributed by atoms with van der Waals surface area (Å²) < 4.78 is 5.90. The van der Waals surface area contributed by atoms with E-state index in [1.165, 1.54) is 37.7 Å². The van der Waals surface area contributed by atoms with E-state index in [-0.39, 0.29) is 11.5 Å². The fourth-order valence-electron chi connectivity index (χ4n) is 9.14. The van der Waals surface area contributed by atoms with E-state index in [0.717, 1.165) is 55.8 Å². The SMILES string of the molecule is CC[C@@]1(O)CC2=CC[C@H]3[C@@H]4CC[C@H]([C@H](C)CCC(C)(C)O)[C@@]4(C)CC[C@@H]3[C@@]2(C)C[C@@H]1OC. The van der Waals surface area contributed by atoms with Gasteiger partial charge in [0.1, 0.15) is 0 Å². The van der Waals surface area contributed by atoms with E-state index in [2.05, 4.69) is 33.8 Å². The lowest BCUT2D eigenvalue weighted by atomic mass is 9.46. The van der Waals surface area contributed by atoms with Crippen LogP contribution in [0.3, 0.4) is 0 Å². The van der Waals surface area contributed by atoms with Crippen molar-refractivity contribution < 1.29 is 14.9 Å². The van der Waals surface area contributed by atoms with Gasteiger partial charge in [0, 0.05) is 13.5 Å². The summed E-state index contributed by atoms with van der Waals surface area (Å²) in [6.45, 7) is 13.6. The first-order valence-corrected chi connectivity index (χ1v) is 13.5. The smallest absolute Gasteiger partial charge is 0.0942 e. The van der Waals surface area contributed by atoms with Gasteiger partial charge in [0.2, 0.25) is 0 Å². The van der Waals surface area contributed by atoms with Gasteiger partial charge in [-0.3, -0.25) is 0 Å². The molecule has 3 fully saturated rings. The molecule has 0 aliphatic heterocycles. The van der Waals surface area contributed by atoms with Crippen LogP contribution in [-0.2, 0) is 4.74 Å². The summed E-state index contributed by atoms with van der Waals surface area (Å²) in [5.41, 5.74) is 0.889. The maximum Gasteiger partial charge on any atom is 0.0942 e. The molecule has 0 radical (unpaired) electrons. The fourth-order valence-corrected chi connectivity index (χ4v) is 9.14. The number of hydrogen-bond acceptors (Lipinski definition) is 3. The molecule has 0 bridgehead atoms. The normalized spacial score (nSPS) is 47.3. The number of methoxy groups -OCH3 is 1. The molecule has 4 aliphatic carbocycles. The fraction of sp³-hybridized carbons (Fsp3) is 0.931. The van der Waals surface area contributed by atoms with E-state index >= 15 is 0 Å². The molecule has 9 atom stereocenters. The van der Waals surface area contributed by atoms with Gasteiger partial charge in [0.15, 0.2) is 0 Å². The van der Waals surface area contributed by atoms with Gasteiger partial charge in [-0.05, 0) is 112 Å². The van der Waals surface area contributed by atoms with E-state index < -0.39 is 11.2 Å². The lowest BCUT2D eigenvalue weighted by Crippen LogP contribution is -2.57. The predicted octanol–water partition coefficient (Wildman–Crippen LogP) is 6.52. The minimum Gasteiger partial charge on any atom is -0.390 e. The van der Waals surface area contributed by atoms with Gasteiger partial charge in [-0.15, -0.1) is 0 Å². The summed E-state index contributed by atoms with van der Waals surface area (Å²) in [5.74, 6) is 3.80. The number of hydrogen-bond donors (Lipinski definition) is 2. The minimum atomic E-state index is -0.704. The van der Waals surface area contributed by atoms with Crippen molar-refractivity contribution in [1.82, 2.24) is 0 Å². The standard InChI is InChI=1S/C29H50O3/c1-8-29(31)17-20-9-10-21-23-12-11-22(19(2)13-15-26(3,4)30)27(23,5)16-14-24(21)28(20,6)18-25(29)32-7/h9,19,21-25,30-31H,8,10-18H2,1-7H3/t19-,21+,22-,23+,24+,25+,27-,28+,29-/m1/s1. The molecule has 2 N–H and O–H groups in total. The van der Waals surface area contributed by atoms with Gasteiger partial charge in [-0.25, -0.2) is 0 Å². The molecule has 32 heavy (non-hydrogen) atoms. The van der Waals surface area contributed by atoms with Crippen LogP contribution in [0.5, 0.6) is 0 Å². The highest BCUT2D eigenvalue weighted by Gasteiger charge is 2.61. The first-order chi connectivity index (χ1) is 14.9. The monoisotopic (exact) mass is 446 g/mol. The van der Waals surface area contributed by atoms with Gasteiger partial charge in [0.25, 0.3) is 0 Å². The molecule has 3 heteroatoms. The lowest BCUT2D eigenvalue weighted by Gasteiger charge is -2.60. The van der Waals surface area contributed by atoms with E-state index in [1.54, 1.807) is 7.11 Å². The van der Waals surface area contributed by atoms with Crippen molar-refractivity contribution >= 4 is 0 Å². The molecule has 3 saturated carbocycles. The Kier molecular flexibility index (Phi) is 6.48. The quantitative estimate of drug-likeness (QED) is 0.457. The summed E-state index contributed by atoms with van der Waals surface area (Å²) in [6, 6.07) is 0. The van der Waals surface area contributed by atoms with Crippen LogP contribution in [0.15, 0.2) is 11.6 Å². The molecule has 3 nitrogen and oxygen atoms in total. The predicted molar refractivity (Wildman–Crippen MR) is 131 cm³/mol. The van der Waals surface area contributed by atoms with Crippen molar-refractivity contribution in [2.75, 3.05) is 7.11 Å². The topological polar surface area (TPSA) is 49.7 Å². The Balaban J connectivity index is 1.55. The molecule has 0 aromatic heterocycles. The van der Waals surface area contributed by atoms with Crippen LogP contribution in [0.2, 0.25) is 0 Å². The second kappa shape index (κ2) is 8.38. The number of ether oxygens (including phenoxy) is 1. The van der Waals surface area contributed by atoms with Crippen molar-refractivity contribution in [3.05, 3.63) is 11.6 Å². The first kappa shape index (κ1) is 24.7. The molecule has 0 spiro atoms. The van der Waals surface area contributed by atoms with Gasteiger partial charge in [-0.2, -0.15) is 0 Å². The Morgan fingerprint density at radius 2 is 1.91 bits per heavy atom. The van der Waals surface area contributed by atoms with Crippen LogP contribution in [0.25, 0.3) is 0 Å². The molecule has 4 aliphatic rings. The van der Waals surface area contributed by atoms with Crippen molar-refractivity contribution in [1.29, 1.82) is 0 Å². The Hall–Kier alpha value is -0.380. The van der Waals surface area contributed by atoms with E-state index in [9.17, 15) is 10.2 Å². The Labute approximate surface area is 197 Å². The zero-order valence-corrected chi connectivity index (χ0v) is 21.9. The van der Waals surface area contributed by atoms with Crippen LogP contribution in [-0.4, -0.2) is 34.6 Å². The largest absolute Gasteiger partial charge is 0.390 e. The van der Waals surface area contributed by atoms with Crippen LogP contribution < -0.4 is 0 Å². The van der Waals surface area contributed by atoms with Gasteiger partial charge >= 0.3 is 0 Å². The van der Waals surface area contributed by atoms with Gasteiger partial charge < -0.3 is 14.9 Å². The third-order valence-electron chi connectivity index (χ3n) is 11.2. The molecular formula is C29H50O3. The van der Waals surface area contributed by atoms with Gasteiger partial charge in [0.05, 0.1) is 17.3 Å². The summed E-state index contributed by atoms with van der Waals surface area (Å²) in [5, 5.41) is 21.6. The van der Waals surface area contributed by atoms with E-state index in [0.29, 0.717) is 11.3 Å². The average Bonchev–Trinajstić information content (AvgIpc) is 3.09. The number of fused-ring (bicyclic) bond motifs is 5. The van der Waals surface area contributed by atoms with Crippen molar-refractivity contribution in [2.45, 2.75) is 123 Å².